The Hall–Kier alpha value is -1.76. The number of carboxylic acid groups (broad SMARTS) is 1. The van der Waals surface area contributed by atoms with Crippen LogP contribution in [-0.2, 0) is 26.1 Å². The summed E-state index contributed by atoms with van der Waals surface area (Å²) in [6, 6.07) is 4.23. The van der Waals surface area contributed by atoms with Gasteiger partial charge < -0.3 is 10.4 Å². The van der Waals surface area contributed by atoms with E-state index < -0.39 is 28.7 Å². The molecule has 0 radical (unpaired) electrons. The van der Waals surface area contributed by atoms with Gasteiger partial charge in [-0.3, -0.25) is 14.0 Å². The summed E-state index contributed by atoms with van der Waals surface area (Å²) in [5.41, 5.74) is 1.46. The van der Waals surface area contributed by atoms with Crippen LogP contribution in [-0.4, -0.2) is 38.0 Å². The fourth-order valence-corrected chi connectivity index (χ4v) is 2.72. The molecule has 1 aromatic rings. The number of nitrogens with zero attached hydrogens (tertiary/aromatic N) is 1. The fourth-order valence-electron chi connectivity index (χ4n) is 1.51. The topological polar surface area (TPSA) is 96.4 Å². The lowest BCUT2D eigenvalue weighted by molar-refractivity contribution is -0.140. The quantitative estimate of drug-likeness (QED) is 0.779. The van der Waals surface area contributed by atoms with Crippen molar-refractivity contribution in [1.82, 2.24) is 10.3 Å². The van der Waals surface area contributed by atoms with E-state index in [0.717, 1.165) is 5.69 Å². The summed E-state index contributed by atoms with van der Waals surface area (Å²) in [6.07, 6.45) is 0. The molecule has 0 aromatic carbocycles. The molecule has 0 aliphatic heterocycles. The minimum absolute atomic E-state index is 0.134. The number of aryl methyl sites for hydroxylation is 1. The van der Waals surface area contributed by atoms with Gasteiger partial charge in [0.1, 0.15) is 6.04 Å². The van der Waals surface area contributed by atoms with E-state index in [2.05, 4.69) is 10.3 Å². The Morgan fingerprint density at radius 3 is 2.68 bits per heavy atom. The van der Waals surface area contributed by atoms with Crippen LogP contribution >= 0.6 is 0 Å². The first kappa shape index (κ1) is 15.3. The van der Waals surface area contributed by atoms with Gasteiger partial charge in [-0.25, -0.2) is 4.79 Å². The van der Waals surface area contributed by atoms with Crippen LogP contribution in [0.4, 0.5) is 0 Å². The van der Waals surface area contributed by atoms with Crippen LogP contribution in [0.15, 0.2) is 18.2 Å². The first-order chi connectivity index (χ1) is 8.88. The molecule has 6 nitrogen and oxygen atoms in total. The molecular formula is C12H16N2O4S. The number of hydrogen-bond donors (Lipinski definition) is 2. The first-order valence-corrected chi connectivity index (χ1v) is 7.14. The van der Waals surface area contributed by atoms with Crippen LogP contribution in [0.25, 0.3) is 0 Å². The zero-order valence-electron chi connectivity index (χ0n) is 10.8. The second-order valence-electron chi connectivity index (χ2n) is 4.11. The molecule has 1 aromatic heterocycles. The maximum Gasteiger partial charge on any atom is 0.327 e. The van der Waals surface area contributed by atoms with Crippen molar-refractivity contribution in [2.24, 2.45) is 0 Å². The van der Waals surface area contributed by atoms with E-state index in [1.54, 1.807) is 12.1 Å². The highest BCUT2D eigenvalue weighted by molar-refractivity contribution is 7.84. The van der Waals surface area contributed by atoms with Crippen molar-refractivity contribution in [3.8, 4) is 0 Å². The highest BCUT2D eigenvalue weighted by Crippen LogP contribution is 2.03. The van der Waals surface area contributed by atoms with Gasteiger partial charge in [-0.15, -0.1) is 0 Å². The lowest BCUT2D eigenvalue weighted by atomic mass is 10.3. The molecule has 1 rings (SSSR count). The number of rotatable bonds is 6. The number of carboxylic acids is 1. The fraction of sp³-hybridized carbons (Fsp3) is 0.417. The van der Waals surface area contributed by atoms with Crippen LogP contribution in [0.3, 0.4) is 0 Å². The van der Waals surface area contributed by atoms with Crippen LogP contribution < -0.4 is 5.32 Å². The van der Waals surface area contributed by atoms with Crippen LogP contribution in [0.5, 0.6) is 0 Å². The molecule has 7 heteroatoms. The minimum Gasteiger partial charge on any atom is -0.480 e. The molecule has 19 heavy (non-hydrogen) atoms. The average Bonchev–Trinajstić information content (AvgIpc) is 2.27. The van der Waals surface area contributed by atoms with Crippen molar-refractivity contribution in [1.29, 1.82) is 0 Å². The second kappa shape index (κ2) is 6.98. The van der Waals surface area contributed by atoms with E-state index in [1.165, 1.54) is 6.92 Å². The maximum absolute atomic E-state index is 11.9. The second-order valence-corrected chi connectivity index (χ2v) is 5.61. The lowest BCUT2D eigenvalue weighted by Crippen LogP contribution is -2.43. The van der Waals surface area contributed by atoms with Crippen molar-refractivity contribution < 1.29 is 18.9 Å². The Bertz CT molecular complexity index is 504. The van der Waals surface area contributed by atoms with Crippen LogP contribution in [0, 0.1) is 6.92 Å². The molecule has 0 aliphatic carbocycles. The highest BCUT2D eigenvalue weighted by Gasteiger charge is 2.21. The van der Waals surface area contributed by atoms with Gasteiger partial charge in [0.2, 0.25) is 5.91 Å². The third-order valence-electron chi connectivity index (χ3n) is 2.28. The Labute approximate surface area is 113 Å². The van der Waals surface area contributed by atoms with Gasteiger partial charge in [-0.2, -0.15) is 0 Å². The van der Waals surface area contributed by atoms with Gasteiger partial charge in [0, 0.05) is 23.4 Å². The molecule has 0 bridgehead atoms. The molecule has 0 saturated carbocycles. The molecule has 0 aliphatic rings. The molecule has 1 amide bonds. The van der Waals surface area contributed by atoms with Crippen LogP contribution in [0.1, 0.15) is 18.3 Å². The van der Waals surface area contributed by atoms with Crippen molar-refractivity contribution in [2.45, 2.75) is 25.6 Å². The van der Waals surface area contributed by atoms with E-state index >= 15 is 0 Å². The Morgan fingerprint density at radius 1 is 1.47 bits per heavy atom. The van der Waals surface area contributed by atoms with Gasteiger partial charge in [0.25, 0.3) is 0 Å². The molecule has 2 atom stereocenters. The molecule has 0 spiro atoms. The molecule has 2 N–H and O–H groups in total. The summed E-state index contributed by atoms with van der Waals surface area (Å²) in [5, 5.41) is 11.2. The molecule has 104 valence electrons. The van der Waals surface area contributed by atoms with Crippen molar-refractivity contribution in [3.63, 3.8) is 0 Å². The highest BCUT2D eigenvalue weighted by atomic mass is 32.2. The Balaban J connectivity index is 2.62. The summed E-state index contributed by atoms with van der Waals surface area (Å²) in [7, 11) is -1.40. The first-order valence-electron chi connectivity index (χ1n) is 5.66. The third-order valence-corrected chi connectivity index (χ3v) is 3.61. The number of aliphatic carboxylic acids is 1. The molecule has 2 unspecified atom stereocenters. The van der Waals surface area contributed by atoms with E-state index in [4.69, 9.17) is 5.11 Å². The van der Waals surface area contributed by atoms with Gasteiger partial charge in [-0.1, -0.05) is 6.07 Å². The molecule has 0 saturated heterocycles. The zero-order chi connectivity index (χ0) is 14.4. The van der Waals surface area contributed by atoms with Gasteiger partial charge >= 0.3 is 5.97 Å². The van der Waals surface area contributed by atoms with Gasteiger partial charge in [0.15, 0.2) is 0 Å². The molecule has 0 fully saturated rings. The number of nitrogens with one attached hydrogen (secondary N) is 1. The minimum atomic E-state index is -1.40. The number of pyridine rings is 1. The van der Waals surface area contributed by atoms with Crippen molar-refractivity contribution in [3.05, 3.63) is 29.6 Å². The van der Waals surface area contributed by atoms with Gasteiger partial charge in [0.05, 0.1) is 17.2 Å². The van der Waals surface area contributed by atoms with E-state index in [1.807, 2.05) is 13.0 Å². The summed E-state index contributed by atoms with van der Waals surface area (Å²) in [4.78, 5) is 26.0. The van der Waals surface area contributed by atoms with E-state index in [0.29, 0.717) is 5.69 Å². The lowest BCUT2D eigenvalue weighted by Gasteiger charge is -2.12. The predicted molar refractivity (Wildman–Crippen MR) is 70.9 cm³/mol. The number of carbonyl (C=O) groups is 2. The zero-order valence-corrected chi connectivity index (χ0v) is 11.6. The smallest absolute Gasteiger partial charge is 0.327 e. The largest absolute Gasteiger partial charge is 0.480 e. The van der Waals surface area contributed by atoms with Crippen molar-refractivity contribution in [2.75, 3.05) is 5.75 Å². The summed E-state index contributed by atoms with van der Waals surface area (Å²) < 4.78 is 11.9. The maximum atomic E-state index is 11.9. The summed E-state index contributed by atoms with van der Waals surface area (Å²) >= 11 is 0. The molecule has 1 heterocycles. The normalized spacial score (nSPS) is 13.6. The van der Waals surface area contributed by atoms with E-state index in [-0.39, 0.29) is 11.5 Å². The van der Waals surface area contributed by atoms with Crippen molar-refractivity contribution >= 4 is 22.7 Å². The number of hydrogen-bond acceptors (Lipinski definition) is 4. The summed E-state index contributed by atoms with van der Waals surface area (Å²) in [5.74, 6) is -1.62. The third kappa shape index (κ3) is 5.60. The van der Waals surface area contributed by atoms with Crippen LogP contribution in [0.2, 0.25) is 0 Å². The predicted octanol–water partition coefficient (Wildman–Crippen LogP) is 0.228. The Kier molecular flexibility index (Phi) is 5.62. The standard InChI is InChI=1S/C12H16N2O4S/c1-8-4-3-5-10(13-8)6-19(18)7-11(12(16)17)14-9(2)15/h3-5,11H,6-7H2,1-2H3,(H,14,15)(H,16,17). The van der Waals surface area contributed by atoms with Gasteiger partial charge in [-0.05, 0) is 19.1 Å². The number of aromatic nitrogens is 1. The molecular weight excluding hydrogens is 268 g/mol. The van der Waals surface area contributed by atoms with E-state index in [9.17, 15) is 13.8 Å². The number of amides is 1. The monoisotopic (exact) mass is 284 g/mol. The Morgan fingerprint density at radius 2 is 2.16 bits per heavy atom. The SMILES string of the molecule is CC(=O)NC(CS(=O)Cc1cccc(C)n1)C(=O)O. The average molecular weight is 284 g/mol. The number of carbonyl (C=O) groups excluding carboxylic acids is 1. The summed E-state index contributed by atoms with van der Waals surface area (Å²) in [6.45, 7) is 3.05.